The van der Waals surface area contributed by atoms with Crippen molar-refractivity contribution < 1.29 is 24.1 Å². The number of benzene rings is 2. The molecule has 2 aliphatic heterocycles. The zero-order valence-corrected chi connectivity index (χ0v) is 18.1. The predicted octanol–water partition coefficient (Wildman–Crippen LogP) is 2.77. The molecule has 8 heteroatoms. The Morgan fingerprint density at radius 2 is 1.78 bits per heavy atom. The standard InChI is InChI=1S/C24H27N3O5/c1-24(2)31-22-21(29-15-16-9-5-3-6-10-16)20(30-23(22)32-24)19(28)14-27-13-18(25-26-27)17-11-7-4-8-12-17/h3-13,19-23,28H,14-15H2,1-2H3/t19-,20-,21+,22-,23-/m1/s1. The molecule has 32 heavy (non-hydrogen) atoms. The van der Waals surface area contributed by atoms with Crippen molar-refractivity contribution in [2.45, 2.75) is 63.5 Å². The van der Waals surface area contributed by atoms with Crippen LogP contribution in [0.25, 0.3) is 11.3 Å². The summed E-state index contributed by atoms with van der Waals surface area (Å²) in [5, 5.41) is 19.4. The van der Waals surface area contributed by atoms with Crippen molar-refractivity contribution in [3.8, 4) is 11.3 Å². The molecule has 5 atom stereocenters. The number of rotatable bonds is 7. The van der Waals surface area contributed by atoms with Gasteiger partial charge >= 0.3 is 0 Å². The lowest BCUT2D eigenvalue weighted by atomic mass is 10.1. The van der Waals surface area contributed by atoms with E-state index >= 15 is 0 Å². The summed E-state index contributed by atoms with van der Waals surface area (Å²) in [6, 6.07) is 19.7. The Bertz CT molecular complexity index is 1030. The number of aliphatic hydroxyl groups is 1. The van der Waals surface area contributed by atoms with E-state index in [1.54, 1.807) is 4.68 Å². The first-order valence-corrected chi connectivity index (χ1v) is 10.8. The van der Waals surface area contributed by atoms with Crippen LogP contribution in [-0.4, -0.2) is 56.6 Å². The fourth-order valence-electron chi connectivity index (χ4n) is 4.19. The lowest BCUT2D eigenvalue weighted by Crippen LogP contribution is -2.44. The van der Waals surface area contributed by atoms with Crippen LogP contribution in [0.2, 0.25) is 0 Å². The number of nitrogens with zero attached hydrogens (tertiary/aromatic N) is 3. The second kappa shape index (κ2) is 8.73. The lowest BCUT2D eigenvalue weighted by Gasteiger charge is -2.28. The van der Waals surface area contributed by atoms with E-state index < -0.39 is 36.5 Å². The van der Waals surface area contributed by atoms with Crippen LogP contribution in [-0.2, 0) is 32.1 Å². The smallest absolute Gasteiger partial charge is 0.190 e. The van der Waals surface area contributed by atoms with E-state index in [-0.39, 0.29) is 6.54 Å². The molecule has 168 valence electrons. The third-order valence-corrected chi connectivity index (χ3v) is 5.67. The highest BCUT2D eigenvalue weighted by molar-refractivity contribution is 5.57. The Kier molecular flexibility index (Phi) is 5.79. The molecule has 0 bridgehead atoms. The van der Waals surface area contributed by atoms with Gasteiger partial charge in [-0.1, -0.05) is 65.9 Å². The van der Waals surface area contributed by atoms with Gasteiger partial charge in [0.05, 0.1) is 19.3 Å². The van der Waals surface area contributed by atoms with Crippen LogP contribution in [0.15, 0.2) is 66.9 Å². The topological polar surface area (TPSA) is 87.9 Å². The average molecular weight is 437 g/mol. The maximum absolute atomic E-state index is 11.0. The molecule has 0 spiro atoms. The maximum Gasteiger partial charge on any atom is 0.190 e. The van der Waals surface area contributed by atoms with Crippen molar-refractivity contribution in [2.24, 2.45) is 0 Å². The van der Waals surface area contributed by atoms with Gasteiger partial charge in [-0.3, -0.25) is 0 Å². The summed E-state index contributed by atoms with van der Waals surface area (Å²) in [5.41, 5.74) is 2.74. The zero-order chi connectivity index (χ0) is 22.1. The molecule has 2 aliphatic rings. The Balaban J connectivity index is 1.30. The van der Waals surface area contributed by atoms with Crippen LogP contribution in [0.1, 0.15) is 19.4 Å². The molecule has 0 radical (unpaired) electrons. The Morgan fingerprint density at radius 3 is 2.53 bits per heavy atom. The number of aliphatic hydroxyl groups excluding tert-OH is 1. The molecule has 0 aliphatic carbocycles. The first-order chi connectivity index (χ1) is 15.5. The summed E-state index contributed by atoms with van der Waals surface area (Å²) in [7, 11) is 0. The van der Waals surface area contributed by atoms with Crippen molar-refractivity contribution in [1.82, 2.24) is 15.0 Å². The molecular weight excluding hydrogens is 410 g/mol. The fraction of sp³-hybridized carbons (Fsp3) is 0.417. The number of fused-ring (bicyclic) bond motifs is 1. The van der Waals surface area contributed by atoms with Crippen LogP contribution in [0.4, 0.5) is 0 Å². The molecule has 0 unspecified atom stereocenters. The van der Waals surface area contributed by atoms with Crippen molar-refractivity contribution >= 4 is 0 Å². The Morgan fingerprint density at radius 1 is 1.06 bits per heavy atom. The van der Waals surface area contributed by atoms with E-state index in [2.05, 4.69) is 10.3 Å². The molecule has 1 N–H and O–H groups in total. The van der Waals surface area contributed by atoms with Gasteiger partial charge in [0.1, 0.15) is 30.1 Å². The Labute approximate surface area is 186 Å². The van der Waals surface area contributed by atoms with Gasteiger partial charge < -0.3 is 24.1 Å². The quantitative estimate of drug-likeness (QED) is 0.608. The molecule has 3 aromatic rings. The number of ether oxygens (including phenoxy) is 4. The van der Waals surface area contributed by atoms with Gasteiger partial charge in [0.15, 0.2) is 12.1 Å². The van der Waals surface area contributed by atoms with Gasteiger partial charge in [0.25, 0.3) is 0 Å². The molecule has 8 nitrogen and oxygen atoms in total. The molecule has 5 rings (SSSR count). The third-order valence-electron chi connectivity index (χ3n) is 5.67. The van der Waals surface area contributed by atoms with Crippen molar-refractivity contribution in [2.75, 3.05) is 0 Å². The van der Waals surface area contributed by atoms with Gasteiger partial charge in [0, 0.05) is 5.56 Å². The normalized spacial score (nSPS) is 27.3. The van der Waals surface area contributed by atoms with Crippen LogP contribution >= 0.6 is 0 Å². The van der Waals surface area contributed by atoms with Crippen LogP contribution in [0.5, 0.6) is 0 Å². The Hall–Kier alpha value is -2.62. The minimum Gasteiger partial charge on any atom is -0.388 e. The fourth-order valence-corrected chi connectivity index (χ4v) is 4.19. The van der Waals surface area contributed by atoms with Gasteiger partial charge in [-0.25, -0.2) is 4.68 Å². The summed E-state index contributed by atoms with van der Waals surface area (Å²) in [6.45, 7) is 4.27. The lowest BCUT2D eigenvalue weighted by molar-refractivity contribution is -0.231. The summed E-state index contributed by atoms with van der Waals surface area (Å²) in [5.74, 6) is -0.768. The minimum absolute atomic E-state index is 0.207. The van der Waals surface area contributed by atoms with Gasteiger partial charge in [-0.15, -0.1) is 5.10 Å². The van der Waals surface area contributed by atoms with E-state index in [0.717, 1.165) is 16.8 Å². The van der Waals surface area contributed by atoms with Crippen LogP contribution in [0, 0.1) is 0 Å². The zero-order valence-electron chi connectivity index (χ0n) is 18.1. The number of aromatic nitrogens is 3. The van der Waals surface area contributed by atoms with Crippen LogP contribution < -0.4 is 0 Å². The molecule has 2 saturated heterocycles. The molecule has 2 aromatic carbocycles. The number of hydrogen-bond donors (Lipinski definition) is 1. The van der Waals surface area contributed by atoms with E-state index in [1.165, 1.54) is 0 Å². The summed E-state index contributed by atoms with van der Waals surface area (Å²) < 4.78 is 25.8. The van der Waals surface area contributed by atoms with Gasteiger partial charge in [-0.05, 0) is 19.4 Å². The van der Waals surface area contributed by atoms with Crippen molar-refractivity contribution in [3.63, 3.8) is 0 Å². The third kappa shape index (κ3) is 4.46. The van der Waals surface area contributed by atoms with E-state index in [1.807, 2.05) is 80.7 Å². The molecule has 0 amide bonds. The van der Waals surface area contributed by atoms with Crippen LogP contribution in [0.3, 0.4) is 0 Å². The van der Waals surface area contributed by atoms with E-state index in [4.69, 9.17) is 18.9 Å². The highest BCUT2D eigenvalue weighted by Crippen LogP contribution is 2.40. The van der Waals surface area contributed by atoms with Crippen molar-refractivity contribution in [1.29, 1.82) is 0 Å². The molecule has 3 heterocycles. The van der Waals surface area contributed by atoms with Crippen molar-refractivity contribution in [3.05, 3.63) is 72.4 Å². The predicted molar refractivity (Wildman–Crippen MR) is 115 cm³/mol. The first-order valence-electron chi connectivity index (χ1n) is 10.8. The SMILES string of the molecule is CC1(C)O[C@H]2O[C@H]([C@H](O)Cn3cc(-c4ccccc4)nn3)[C@H](OCc3ccccc3)[C@H]2O1. The molecule has 0 saturated carbocycles. The highest BCUT2D eigenvalue weighted by Gasteiger charge is 2.57. The molecule has 2 fully saturated rings. The molecular formula is C24H27N3O5. The molecule has 1 aromatic heterocycles. The van der Waals surface area contributed by atoms with E-state index in [0.29, 0.717) is 6.61 Å². The largest absolute Gasteiger partial charge is 0.388 e. The van der Waals surface area contributed by atoms with Gasteiger partial charge in [-0.2, -0.15) is 0 Å². The maximum atomic E-state index is 11.0. The monoisotopic (exact) mass is 437 g/mol. The average Bonchev–Trinajstić information content (AvgIpc) is 3.46. The van der Waals surface area contributed by atoms with Gasteiger partial charge in [0.2, 0.25) is 0 Å². The summed E-state index contributed by atoms with van der Waals surface area (Å²) >= 11 is 0. The second-order valence-electron chi connectivity index (χ2n) is 8.59. The summed E-state index contributed by atoms with van der Waals surface area (Å²) in [4.78, 5) is 0. The van der Waals surface area contributed by atoms with E-state index in [9.17, 15) is 5.11 Å². The second-order valence-corrected chi connectivity index (χ2v) is 8.59. The first kappa shape index (κ1) is 21.2. The highest BCUT2D eigenvalue weighted by atomic mass is 16.8. The summed E-state index contributed by atoms with van der Waals surface area (Å²) in [6.07, 6.45) is -1.22. The number of hydrogen-bond acceptors (Lipinski definition) is 7. The minimum atomic E-state index is -0.887.